The molecule has 0 atom stereocenters. The predicted octanol–water partition coefficient (Wildman–Crippen LogP) is 1.85. The van der Waals surface area contributed by atoms with Gasteiger partial charge in [0, 0.05) is 11.6 Å². The number of rotatable bonds is 3. The molecular weight excluding hydrogens is 214 g/mol. The molecule has 0 aliphatic carbocycles. The van der Waals surface area contributed by atoms with Crippen LogP contribution in [0.5, 0.6) is 0 Å². The number of Topliss-reactive ketones (excluding diaryl/α,β-unsaturated/α-hetero) is 1. The van der Waals surface area contributed by atoms with Crippen molar-refractivity contribution in [3.8, 4) is 0 Å². The lowest BCUT2D eigenvalue weighted by Crippen LogP contribution is -2.21. The molecule has 5 heteroatoms. The summed E-state index contributed by atoms with van der Waals surface area (Å²) in [6, 6.07) is 2.70. The lowest BCUT2D eigenvalue weighted by Gasteiger charge is -2.04. The lowest BCUT2D eigenvalue weighted by atomic mass is 10.1. The average Bonchev–Trinajstić information content (AvgIpc) is 2.66. The molecular formula is C11H10F2N2O. The van der Waals surface area contributed by atoms with Crippen LogP contribution in [-0.4, -0.2) is 24.4 Å². The Morgan fingerprint density at radius 3 is 2.94 bits per heavy atom. The van der Waals surface area contributed by atoms with Crippen LogP contribution in [0.15, 0.2) is 18.3 Å². The summed E-state index contributed by atoms with van der Waals surface area (Å²) in [5.41, 5.74) is -0.342. The van der Waals surface area contributed by atoms with Crippen molar-refractivity contribution in [1.29, 1.82) is 0 Å². The van der Waals surface area contributed by atoms with E-state index in [4.69, 9.17) is 0 Å². The fourth-order valence-corrected chi connectivity index (χ4v) is 1.63. The zero-order valence-corrected chi connectivity index (χ0v) is 8.60. The maximum Gasteiger partial charge on any atom is 0.182 e. The Bertz CT molecular complexity index is 548. The highest BCUT2D eigenvalue weighted by Gasteiger charge is 2.20. The number of likely N-dealkylation sites (N-methyl/N-ethyl adjacent to an activating group) is 1. The maximum absolute atomic E-state index is 13.8. The Hall–Kier alpha value is -1.75. The molecule has 0 unspecified atom stereocenters. The van der Waals surface area contributed by atoms with Crippen molar-refractivity contribution in [2.75, 3.05) is 13.6 Å². The van der Waals surface area contributed by atoms with Crippen LogP contribution >= 0.6 is 0 Å². The zero-order valence-electron chi connectivity index (χ0n) is 8.60. The molecule has 0 fully saturated rings. The third-order valence-corrected chi connectivity index (χ3v) is 2.36. The first kappa shape index (κ1) is 10.8. The van der Waals surface area contributed by atoms with E-state index < -0.39 is 23.0 Å². The van der Waals surface area contributed by atoms with Gasteiger partial charge in [-0.2, -0.15) is 0 Å². The predicted molar refractivity (Wildman–Crippen MR) is 56.5 cm³/mol. The molecule has 2 rings (SSSR count). The Morgan fingerprint density at radius 1 is 1.50 bits per heavy atom. The molecule has 0 radical (unpaired) electrons. The number of benzene rings is 1. The van der Waals surface area contributed by atoms with Gasteiger partial charge in [0.2, 0.25) is 0 Å². The molecule has 0 saturated heterocycles. The van der Waals surface area contributed by atoms with E-state index in [0.29, 0.717) is 5.39 Å². The van der Waals surface area contributed by atoms with E-state index in [-0.39, 0.29) is 12.1 Å². The third-order valence-electron chi connectivity index (χ3n) is 2.36. The second-order valence-corrected chi connectivity index (χ2v) is 3.44. The number of aromatic nitrogens is 1. The van der Waals surface area contributed by atoms with Gasteiger partial charge in [-0.25, -0.2) is 8.78 Å². The van der Waals surface area contributed by atoms with E-state index in [0.717, 1.165) is 6.07 Å². The Kier molecular flexibility index (Phi) is 2.70. The van der Waals surface area contributed by atoms with Gasteiger partial charge in [-0.1, -0.05) is 0 Å². The van der Waals surface area contributed by atoms with Gasteiger partial charge in [0.05, 0.1) is 17.6 Å². The highest BCUT2D eigenvalue weighted by Crippen LogP contribution is 2.23. The summed E-state index contributed by atoms with van der Waals surface area (Å²) in [7, 11) is 1.54. The number of carbonyl (C=O) groups excluding carboxylic acids is 1. The van der Waals surface area contributed by atoms with E-state index in [2.05, 4.69) is 10.3 Å². The van der Waals surface area contributed by atoms with Crippen LogP contribution in [0.25, 0.3) is 10.9 Å². The number of H-pyrrole nitrogens is 1. The Morgan fingerprint density at radius 2 is 2.25 bits per heavy atom. The van der Waals surface area contributed by atoms with Gasteiger partial charge >= 0.3 is 0 Å². The van der Waals surface area contributed by atoms with Crippen molar-refractivity contribution in [2.45, 2.75) is 0 Å². The maximum atomic E-state index is 13.8. The number of carbonyl (C=O) groups is 1. The van der Waals surface area contributed by atoms with Crippen molar-refractivity contribution in [3.05, 3.63) is 35.5 Å². The van der Waals surface area contributed by atoms with E-state index >= 15 is 0 Å². The van der Waals surface area contributed by atoms with Crippen molar-refractivity contribution >= 4 is 16.7 Å². The molecule has 1 aromatic heterocycles. The quantitative estimate of drug-likeness (QED) is 0.781. The number of hydrogen-bond acceptors (Lipinski definition) is 2. The van der Waals surface area contributed by atoms with Crippen LogP contribution in [-0.2, 0) is 0 Å². The second kappa shape index (κ2) is 4.02. The summed E-state index contributed by atoms with van der Waals surface area (Å²) in [4.78, 5) is 14.1. The van der Waals surface area contributed by atoms with Crippen molar-refractivity contribution in [3.63, 3.8) is 0 Å². The van der Waals surface area contributed by atoms with Crippen LogP contribution in [0.1, 0.15) is 10.4 Å². The van der Waals surface area contributed by atoms with Gasteiger partial charge in [-0.05, 0) is 19.2 Å². The standard InChI is InChI=1S/C11H10F2N2O/c1-14-5-8(16)9-7(12)4-6-2-3-15-11(6)10(9)13/h2-4,14-15H,5H2,1H3. The van der Waals surface area contributed by atoms with Crippen LogP contribution in [0.2, 0.25) is 0 Å². The van der Waals surface area contributed by atoms with E-state index in [1.807, 2.05) is 0 Å². The first-order chi connectivity index (χ1) is 7.65. The summed E-state index contributed by atoms with van der Waals surface area (Å²) in [6.45, 7) is -0.0972. The largest absolute Gasteiger partial charge is 0.359 e. The normalized spacial score (nSPS) is 10.9. The molecule has 84 valence electrons. The van der Waals surface area contributed by atoms with Crippen LogP contribution < -0.4 is 5.32 Å². The van der Waals surface area contributed by atoms with Gasteiger partial charge in [-0.15, -0.1) is 0 Å². The molecule has 1 aromatic carbocycles. The second-order valence-electron chi connectivity index (χ2n) is 3.44. The SMILES string of the molecule is CNCC(=O)c1c(F)cc2cc[nH]c2c1F. The van der Waals surface area contributed by atoms with Crippen molar-refractivity contribution in [2.24, 2.45) is 0 Å². The van der Waals surface area contributed by atoms with Gasteiger partial charge in [0.1, 0.15) is 5.82 Å². The molecule has 3 nitrogen and oxygen atoms in total. The monoisotopic (exact) mass is 224 g/mol. The molecule has 0 aliphatic rings. The van der Waals surface area contributed by atoms with Crippen LogP contribution in [0, 0.1) is 11.6 Å². The summed E-state index contributed by atoms with van der Waals surface area (Å²) in [5, 5.41) is 2.98. The highest BCUT2D eigenvalue weighted by atomic mass is 19.1. The number of fused-ring (bicyclic) bond motifs is 1. The van der Waals surface area contributed by atoms with E-state index in [1.54, 1.807) is 13.1 Å². The van der Waals surface area contributed by atoms with Crippen molar-refractivity contribution in [1.82, 2.24) is 10.3 Å². The summed E-state index contributed by atoms with van der Waals surface area (Å²) < 4.78 is 27.3. The van der Waals surface area contributed by atoms with Gasteiger partial charge in [0.25, 0.3) is 0 Å². The average molecular weight is 224 g/mol. The molecule has 0 spiro atoms. The fourth-order valence-electron chi connectivity index (χ4n) is 1.63. The van der Waals surface area contributed by atoms with E-state index in [9.17, 15) is 13.6 Å². The molecule has 2 N–H and O–H groups in total. The topological polar surface area (TPSA) is 44.9 Å². The Labute approximate surface area is 90.5 Å². The molecule has 0 saturated carbocycles. The highest BCUT2D eigenvalue weighted by molar-refractivity contribution is 6.01. The first-order valence-corrected chi connectivity index (χ1v) is 4.78. The van der Waals surface area contributed by atoms with Gasteiger partial charge in [0.15, 0.2) is 11.6 Å². The smallest absolute Gasteiger partial charge is 0.182 e. The number of nitrogens with one attached hydrogen (secondary N) is 2. The lowest BCUT2D eigenvalue weighted by molar-refractivity contribution is 0.0986. The molecule has 0 bridgehead atoms. The summed E-state index contributed by atoms with van der Waals surface area (Å²) >= 11 is 0. The molecule has 0 aliphatic heterocycles. The molecule has 16 heavy (non-hydrogen) atoms. The van der Waals surface area contributed by atoms with Crippen LogP contribution in [0.3, 0.4) is 0 Å². The fraction of sp³-hybridized carbons (Fsp3) is 0.182. The van der Waals surface area contributed by atoms with Crippen LogP contribution in [0.4, 0.5) is 8.78 Å². The minimum atomic E-state index is -0.833. The van der Waals surface area contributed by atoms with Gasteiger partial charge < -0.3 is 10.3 Å². The minimum Gasteiger partial charge on any atom is -0.359 e. The molecule has 0 amide bonds. The Balaban J connectivity index is 2.63. The first-order valence-electron chi connectivity index (χ1n) is 4.78. The zero-order chi connectivity index (χ0) is 11.7. The van der Waals surface area contributed by atoms with E-state index in [1.165, 1.54) is 6.20 Å². The summed E-state index contributed by atoms with van der Waals surface area (Å²) in [6.07, 6.45) is 1.50. The van der Waals surface area contributed by atoms with Crippen molar-refractivity contribution < 1.29 is 13.6 Å². The van der Waals surface area contributed by atoms with Gasteiger partial charge in [-0.3, -0.25) is 4.79 Å². The number of hydrogen-bond donors (Lipinski definition) is 2. The number of aromatic amines is 1. The third kappa shape index (κ3) is 1.59. The summed E-state index contributed by atoms with van der Waals surface area (Å²) in [5.74, 6) is -2.26. The minimum absolute atomic E-state index is 0.0972. The number of ketones is 1. The molecule has 1 heterocycles. The number of halogens is 2. The molecule has 2 aromatic rings.